The van der Waals surface area contributed by atoms with Crippen LogP contribution in [0.25, 0.3) is 0 Å². The minimum absolute atomic E-state index is 0.967. The Balaban J connectivity index is 2.24. The van der Waals surface area contributed by atoms with E-state index >= 15 is 0 Å². The van der Waals surface area contributed by atoms with E-state index < -0.39 is 0 Å². The molecule has 1 aromatic rings. The van der Waals surface area contributed by atoms with Gasteiger partial charge in [0, 0.05) is 12.5 Å². The number of hydrogen-bond donors (Lipinski definition) is 0. The molecule has 0 N–H and O–H groups in total. The largest absolute Gasteiger partial charge is 0.361 e. The first kappa shape index (κ1) is 9.26. The molecule has 68 valence electrons. The van der Waals surface area contributed by atoms with E-state index in [4.69, 9.17) is 4.52 Å². The number of nitrogens with zero attached hydrogens (tertiary/aromatic N) is 2. The topological polar surface area (TPSA) is 29.3 Å². The Morgan fingerprint density at radius 3 is 2.75 bits per heavy atom. The Bertz CT molecular complexity index is 230. The third-order valence-electron chi connectivity index (χ3n) is 1.71. The first-order chi connectivity index (χ1) is 5.68. The molecule has 0 amide bonds. The van der Waals surface area contributed by atoms with Crippen molar-refractivity contribution in [3.8, 4) is 0 Å². The van der Waals surface area contributed by atoms with Gasteiger partial charge in [0.25, 0.3) is 0 Å². The van der Waals surface area contributed by atoms with E-state index in [9.17, 15) is 0 Å². The predicted octanol–water partition coefficient (Wildman–Crippen LogP) is 1.48. The molecule has 12 heavy (non-hydrogen) atoms. The third-order valence-corrected chi connectivity index (χ3v) is 1.71. The predicted molar refractivity (Wildman–Crippen MR) is 48.1 cm³/mol. The van der Waals surface area contributed by atoms with Crippen LogP contribution in [-0.4, -0.2) is 30.7 Å². The molecular formula is C9H16N2O. The Morgan fingerprint density at radius 1 is 1.50 bits per heavy atom. The molecule has 0 atom stereocenters. The molecule has 0 saturated heterocycles. The molecule has 0 bridgehead atoms. The van der Waals surface area contributed by atoms with Crippen LogP contribution in [0.1, 0.15) is 17.9 Å². The molecule has 0 unspecified atom stereocenters. The lowest BCUT2D eigenvalue weighted by molar-refractivity contribution is 0.356. The van der Waals surface area contributed by atoms with Crippen LogP contribution in [0.3, 0.4) is 0 Å². The molecule has 0 aliphatic rings. The normalized spacial score (nSPS) is 11.0. The number of rotatable bonds is 4. The first-order valence-electron chi connectivity index (χ1n) is 4.25. The number of hydrogen-bond acceptors (Lipinski definition) is 3. The van der Waals surface area contributed by atoms with E-state index in [0.29, 0.717) is 0 Å². The van der Waals surface area contributed by atoms with Crippen LogP contribution < -0.4 is 0 Å². The molecule has 1 aromatic heterocycles. The van der Waals surface area contributed by atoms with Crippen LogP contribution in [0.4, 0.5) is 0 Å². The lowest BCUT2D eigenvalue weighted by Crippen LogP contribution is -2.13. The average molecular weight is 168 g/mol. The smallest absolute Gasteiger partial charge is 0.137 e. The van der Waals surface area contributed by atoms with Gasteiger partial charge in [-0.3, -0.25) is 0 Å². The lowest BCUT2D eigenvalue weighted by Gasteiger charge is -2.06. The molecule has 3 nitrogen and oxygen atoms in total. The highest BCUT2D eigenvalue weighted by Crippen LogP contribution is 2.04. The zero-order chi connectivity index (χ0) is 8.97. The van der Waals surface area contributed by atoms with Crippen LogP contribution in [0, 0.1) is 6.92 Å². The summed E-state index contributed by atoms with van der Waals surface area (Å²) in [7, 11) is 4.15. The fourth-order valence-corrected chi connectivity index (χ4v) is 1.10. The highest BCUT2D eigenvalue weighted by atomic mass is 16.5. The van der Waals surface area contributed by atoms with Crippen molar-refractivity contribution in [2.75, 3.05) is 20.6 Å². The van der Waals surface area contributed by atoms with Gasteiger partial charge in [0.15, 0.2) is 0 Å². The molecule has 0 aliphatic heterocycles. The maximum absolute atomic E-state index is 5.08. The summed E-state index contributed by atoms with van der Waals surface area (Å²) in [5, 5.41) is 3.83. The maximum atomic E-state index is 5.08. The van der Waals surface area contributed by atoms with E-state index in [0.717, 1.165) is 30.8 Å². The van der Waals surface area contributed by atoms with Crippen molar-refractivity contribution in [1.29, 1.82) is 0 Å². The van der Waals surface area contributed by atoms with Gasteiger partial charge in [0.2, 0.25) is 0 Å². The van der Waals surface area contributed by atoms with E-state index in [2.05, 4.69) is 24.2 Å². The molecule has 0 radical (unpaired) electrons. The Labute approximate surface area is 73.3 Å². The first-order valence-corrected chi connectivity index (χ1v) is 4.25. The Morgan fingerprint density at radius 2 is 2.25 bits per heavy atom. The zero-order valence-corrected chi connectivity index (χ0v) is 8.00. The van der Waals surface area contributed by atoms with Crippen molar-refractivity contribution in [1.82, 2.24) is 10.1 Å². The van der Waals surface area contributed by atoms with Gasteiger partial charge in [-0.15, -0.1) is 0 Å². The summed E-state index contributed by atoms with van der Waals surface area (Å²) < 4.78 is 5.08. The van der Waals surface area contributed by atoms with Crippen molar-refractivity contribution in [2.45, 2.75) is 19.8 Å². The van der Waals surface area contributed by atoms with Gasteiger partial charge in [-0.25, -0.2) is 0 Å². The highest BCUT2D eigenvalue weighted by Gasteiger charge is 1.99. The van der Waals surface area contributed by atoms with Crippen molar-refractivity contribution in [3.05, 3.63) is 17.5 Å². The van der Waals surface area contributed by atoms with Crippen molar-refractivity contribution in [3.63, 3.8) is 0 Å². The SMILES string of the molecule is Cc1cc(CCCN(C)C)on1. The van der Waals surface area contributed by atoms with Gasteiger partial charge in [-0.05, 0) is 34.0 Å². The second kappa shape index (κ2) is 4.26. The van der Waals surface area contributed by atoms with Gasteiger partial charge in [-0.1, -0.05) is 5.16 Å². The quantitative estimate of drug-likeness (QED) is 0.682. The molecule has 0 saturated carbocycles. The molecule has 3 heteroatoms. The Hall–Kier alpha value is -0.830. The van der Waals surface area contributed by atoms with Crippen molar-refractivity contribution in [2.24, 2.45) is 0 Å². The minimum atomic E-state index is 0.967. The van der Waals surface area contributed by atoms with Gasteiger partial charge >= 0.3 is 0 Å². The monoisotopic (exact) mass is 168 g/mol. The lowest BCUT2D eigenvalue weighted by atomic mass is 10.2. The third kappa shape index (κ3) is 3.05. The Kier molecular flexibility index (Phi) is 3.29. The van der Waals surface area contributed by atoms with Crippen molar-refractivity contribution >= 4 is 0 Å². The van der Waals surface area contributed by atoms with E-state index in [1.165, 1.54) is 0 Å². The minimum Gasteiger partial charge on any atom is -0.361 e. The van der Waals surface area contributed by atoms with E-state index in [-0.39, 0.29) is 0 Å². The summed E-state index contributed by atoms with van der Waals surface area (Å²) >= 11 is 0. The molecule has 0 aliphatic carbocycles. The van der Waals surface area contributed by atoms with Gasteiger partial charge in [-0.2, -0.15) is 0 Å². The van der Waals surface area contributed by atoms with E-state index in [1.54, 1.807) is 0 Å². The van der Waals surface area contributed by atoms with Crippen molar-refractivity contribution < 1.29 is 4.52 Å². The summed E-state index contributed by atoms with van der Waals surface area (Å²) in [5.74, 6) is 0.995. The van der Waals surface area contributed by atoms with Crippen LogP contribution in [0.2, 0.25) is 0 Å². The summed E-state index contributed by atoms with van der Waals surface area (Å²) in [6, 6.07) is 2.00. The maximum Gasteiger partial charge on any atom is 0.137 e. The molecule has 1 heterocycles. The molecule has 0 fully saturated rings. The van der Waals surface area contributed by atoms with Crippen LogP contribution >= 0.6 is 0 Å². The number of aryl methyl sites for hydroxylation is 2. The molecule has 0 spiro atoms. The average Bonchev–Trinajstić information content (AvgIpc) is 2.35. The second-order valence-electron chi connectivity index (χ2n) is 3.34. The van der Waals surface area contributed by atoms with E-state index in [1.807, 2.05) is 13.0 Å². The zero-order valence-electron chi connectivity index (χ0n) is 8.00. The van der Waals surface area contributed by atoms with Crippen LogP contribution in [0.5, 0.6) is 0 Å². The summed E-state index contributed by atoms with van der Waals surface area (Å²) in [6.45, 7) is 3.04. The van der Waals surface area contributed by atoms with Crippen LogP contribution in [-0.2, 0) is 6.42 Å². The van der Waals surface area contributed by atoms with Gasteiger partial charge in [0.05, 0.1) is 5.69 Å². The fraction of sp³-hybridized carbons (Fsp3) is 0.667. The van der Waals surface area contributed by atoms with Gasteiger partial charge < -0.3 is 9.42 Å². The summed E-state index contributed by atoms with van der Waals surface area (Å²) in [5.41, 5.74) is 0.967. The second-order valence-corrected chi connectivity index (χ2v) is 3.34. The molecule has 1 rings (SSSR count). The van der Waals surface area contributed by atoms with Gasteiger partial charge in [0.1, 0.15) is 5.76 Å². The summed E-state index contributed by atoms with van der Waals surface area (Å²) in [6.07, 6.45) is 2.11. The fourth-order valence-electron chi connectivity index (χ4n) is 1.10. The molecular weight excluding hydrogens is 152 g/mol. The molecule has 0 aromatic carbocycles. The standard InChI is InChI=1S/C9H16N2O/c1-8-7-9(12-10-8)5-4-6-11(2)3/h7H,4-6H2,1-3H3. The van der Waals surface area contributed by atoms with Crippen LogP contribution in [0.15, 0.2) is 10.6 Å². The highest BCUT2D eigenvalue weighted by molar-refractivity contribution is 5.02. The summed E-state index contributed by atoms with van der Waals surface area (Å²) in [4.78, 5) is 2.17. The number of aromatic nitrogens is 1.